The van der Waals surface area contributed by atoms with Gasteiger partial charge in [-0.1, -0.05) is 18.2 Å². The summed E-state index contributed by atoms with van der Waals surface area (Å²) in [5, 5.41) is 0.444. The highest BCUT2D eigenvalue weighted by molar-refractivity contribution is 5.91. The van der Waals surface area contributed by atoms with Crippen LogP contribution in [0.4, 0.5) is 8.78 Å². The molecule has 1 N–H and O–H groups in total. The van der Waals surface area contributed by atoms with E-state index in [0.717, 1.165) is 0 Å². The molecule has 0 radical (unpaired) electrons. The Labute approximate surface area is 131 Å². The first-order valence-electron chi connectivity index (χ1n) is 7.22. The molecule has 0 aliphatic carbocycles. The molecule has 0 aliphatic rings. The Bertz CT molecular complexity index is 724. The third-order valence-electron chi connectivity index (χ3n) is 3.29. The zero-order chi connectivity index (χ0) is 17.0. The Hall–Kier alpha value is -2.44. The number of nitrogens with one attached hydrogen (secondary N) is 1. The van der Waals surface area contributed by atoms with Crippen LogP contribution in [0.3, 0.4) is 0 Å². The van der Waals surface area contributed by atoms with Crippen molar-refractivity contribution in [2.75, 3.05) is 13.2 Å². The first-order valence-corrected chi connectivity index (χ1v) is 7.22. The molecule has 1 aromatic heterocycles. The number of halogens is 2. The van der Waals surface area contributed by atoms with Crippen molar-refractivity contribution in [3.63, 3.8) is 0 Å². The number of fused-ring (bicyclic) bond motifs is 1. The summed E-state index contributed by atoms with van der Waals surface area (Å²) in [4.78, 5) is 25.9. The lowest BCUT2D eigenvalue weighted by atomic mass is 10.0. The average molecular weight is 325 g/mol. The molecule has 5 nitrogen and oxygen atoms in total. The summed E-state index contributed by atoms with van der Waals surface area (Å²) >= 11 is 0. The van der Waals surface area contributed by atoms with Crippen LogP contribution in [0.2, 0.25) is 0 Å². The van der Waals surface area contributed by atoms with Crippen LogP contribution in [0.25, 0.3) is 10.9 Å². The molecule has 0 bridgehead atoms. The normalized spacial score (nSPS) is 11.5. The molecule has 1 heterocycles. The topological polar surface area (TPSA) is 68.4 Å². The summed E-state index contributed by atoms with van der Waals surface area (Å²) in [6.07, 6.45) is -0.359. The van der Waals surface area contributed by atoms with Crippen molar-refractivity contribution in [3.8, 4) is 0 Å². The molecule has 7 heteroatoms. The van der Waals surface area contributed by atoms with Gasteiger partial charge in [-0.05, 0) is 25.5 Å². The largest absolute Gasteiger partial charge is 0.466 e. The number of alkyl halides is 2. The van der Waals surface area contributed by atoms with E-state index in [4.69, 9.17) is 4.74 Å². The number of aromatic nitrogens is 1. The van der Waals surface area contributed by atoms with Crippen LogP contribution >= 0.6 is 0 Å². The molecule has 0 aliphatic heterocycles. The van der Waals surface area contributed by atoms with Crippen molar-refractivity contribution in [3.05, 3.63) is 35.5 Å². The Morgan fingerprint density at radius 3 is 2.43 bits per heavy atom. The van der Waals surface area contributed by atoms with Gasteiger partial charge in [0.05, 0.1) is 19.6 Å². The van der Waals surface area contributed by atoms with Gasteiger partial charge in [0.15, 0.2) is 0 Å². The molecule has 2 rings (SSSR count). The second-order valence-corrected chi connectivity index (χ2v) is 4.80. The van der Waals surface area contributed by atoms with Gasteiger partial charge in [0.2, 0.25) is 0 Å². The zero-order valence-corrected chi connectivity index (χ0v) is 12.8. The van der Waals surface area contributed by atoms with Gasteiger partial charge in [0.25, 0.3) is 0 Å². The van der Waals surface area contributed by atoms with Gasteiger partial charge >= 0.3 is 17.9 Å². The van der Waals surface area contributed by atoms with Crippen LogP contribution in [0.5, 0.6) is 0 Å². The van der Waals surface area contributed by atoms with E-state index < -0.39 is 23.6 Å². The molecule has 0 saturated carbocycles. The SMILES string of the molecule is CCOC(=O)Cc1c(C(F)(F)C(=O)OCC)[nH]c2ccccc12. The predicted molar refractivity (Wildman–Crippen MR) is 79.2 cm³/mol. The summed E-state index contributed by atoms with van der Waals surface area (Å²) in [6, 6.07) is 6.52. The van der Waals surface area contributed by atoms with Crippen LogP contribution in [0.1, 0.15) is 25.1 Å². The van der Waals surface area contributed by atoms with Crippen LogP contribution in [-0.2, 0) is 31.4 Å². The quantitative estimate of drug-likeness (QED) is 0.829. The van der Waals surface area contributed by atoms with Crippen LogP contribution in [-0.4, -0.2) is 30.1 Å². The number of hydrogen-bond acceptors (Lipinski definition) is 4. The first kappa shape index (κ1) is 16.9. The third-order valence-corrected chi connectivity index (χ3v) is 3.29. The van der Waals surface area contributed by atoms with Crippen molar-refractivity contribution in [2.24, 2.45) is 0 Å². The number of aromatic amines is 1. The minimum absolute atomic E-state index is 0.0390. The molecule has 124 valence electrons. The summed E-state index contributed by atoms with van der Waals surface area (Å²) in [6.45, 7) is 3.05. The first-order chi connectivity index (χ1) is 10.9. The molecule has 0 saturated heterocycles. The van der Waals surface area contributed by atoms with Crippen LogP contribution in [0, 0.1) is 0 Å². The molecule has 2 aromatic rings. The van der Waals surface area contributed by atoms with Gasteiger partial charge in [0, 0.05) is 10.9 Å². The molecule has 0 spiro atoms. The minimum Gasteiger partial charge on any atom is -0.466 e. The highest BCUT2D eigenvalue weighted by atomic mass is 19.3. The number of H-pyrrole nitrogens is 1. The van der Waals surface area contributed by atoms with Crippen molar-refractivity contribution in [1.82, 2.24) is 4.98 Å². The van der Waals surface area contributed by atoms with Crippen LogP contribution < -0.4 is 0 Å². The molecule has 0 fully saturated rings. The lowest BCUT2D eigenvalue weighted by Crippen LogP contribution is -2.30. The number of carbonyl (C=O) groups excluding carboxylic acids is 2. The Morgan fingerprint density at radius 2 is 1.78 bits per heavy atom. The van der Waals surface area contributed by atoms with E-state index in [1.807, 2.05) is 0 Å². The lowest BCUT2D eigenvalue weighted by Gasteiger charge is -2.15. The highest BCUT2D eigenvalue weighted by Gasteiger charge is 2.46. The van der Waals surface area contributed by atoms with E-state index in [0.29, 0.717) is 10.9 Å². The van der Waals surface area contributed by atoms with E-state index in [-0.39, 0.29) is 25.2 Å². The van der Waals surface area contributed by atoms with Gasteiger partial charge in [-0.25, -0.2) is 4.79 Å². The molecular weight excluding hydrogens is 308 g/mol. The molecule has 0 amide bonds. The fraction of sp³-hybridized carbons (Fsp3) is 0.375. The monoisotopic (exact) mass is 325 g/mol. The number of esters is 2. The average Bonchev–Trinajstić information content (AvgIpc) is 2.87. The maximum atomic E-state index is 14.4. The Kier molecular flexibility index (Phi) is 4.98. The fourth-order valence-electron chi connectivity index (χ4n) is 2.33. The number of benzene rings is 1. The fourth-order valence-corrected chi connectivity index (χ4v) is 2.33. The van der Waals surface area contributed by atoms with Crippen molar-refractivity contribution in [1.29, 1.82) is 0 Å². The van der Waals surface area contributed by atoms with Crippen molar-refractivity contribution >= 4 is 22.8 Å². The summed E-state index contributed by atoms with van der Waals surface area (Å²) in [7, 11) is 0. The molecule has 0 atom stereocenters. The minimum atomic E-state index is -3.88. The maximum absolute atomic E-state index is 14.4. The van der Waals surface area contributed by atoms with E-state index in [1.165, 1.54) is 6.92 Å². The Balaban J connectivity index is 2.53. The van der Waals surface area contributed by atoms with Crippen molar-refractivity contribution < 1.29 is 27.8 Å². The standard InChI is InChI=1S/C16H17F2NO4/c1-3-22-13(20)9-11-10-7-5-6-8-12(10)19-14(11)16(17,18)15(21)23-4-2/h5-8,19H,3-4,9H2,1-2H3. The van der Waals surface area contributed by atoms with Gasteiger partial charge in [-0.15, -0.1) is 0 Å². The molecule has 1 aromatic carbocycles. The van der Waals surface area contributed by atoms with E-state index in [1.54, 1.807) is 31.2 Å². The smallest absolute Gasteiger partial charge is 0.383 e. The third kappa shape index (κ3) is 3.33. The summed E-state index contributed by atoms with van der Waals surface area (Å²) < 4.78 is 38.1. The second-order valence-electron chi connectivity index (χ2n) is 4.80. The number of para-hydroxylation sites is 1. The number of ether oxygens (including phenoxy) is 2. The molecule has 23 heavy (non-hydrogen) atoms. The number of hydrogen-bond donors (Lipinski definition) is 1. The van der Waals surface area contributed by atoms with E-state index >= 15 is 0 Å². The second kappa shape index (κ2) is 6.76. The zero-order valence-electron chi connectivity index (χ0n) is 12.8. The predicted octanol–water partition coefficient (Wildman–Crippen LogP) is 2.93. The number of carbonyl (C=O) groups is 2. The summed E-state index contributed by atoms with van der Waals surface area (Å²) in [5.41, 5.74) is -0.187. The Morgan fingerprint density at radius 1 is 1.13 bits per heavy atom. The van der Waals surface area contributed by atoms with Gasteiger partial charge in [-0.2, -0.15) is 8.78 Å². The van der Waals surface area contributed by atoms with Crippen molar-refractivity contribution in [2.45, 2.75) is 26.2 Å². The molecular formula is C16H17F2NO4. The maximum Gasteiger partial charge on any atom is 0.383 e. The lowest BCUT2D eigenvalue weighted by molar-refractivity contribution is -0.173. The number of rotatable bonds is 6. The van der Waals surface area contributed by atoms with Gasteiger partial charge < -0.3 is 14.5 Å². The summed E-state index contributed by atoms with van der Waals surface area (Å²) in [5.74, 6) is -6.17. The molecule has 0 unspecified atom stereocenters. The highest BCUT2D eigenvalue weighted by Crippen LogP contribution is 2.36. The van der Waals surface area contributed by atoms with E-state index in [9.17, 15) is 18.4 Å². The van der Waals surface area contributed by atoms with Gasteiger partial charge in [0.1, 0.15) is 5.69 Å². The van der Waals surface area contributed by atoms with E-state index in [2.05, 4.69) is 9.72 Å². The van der Waals surface area contributed by atoms with Gasteiger partial charge in [-0.3, -0.25) is 4.79 Å². The van der Waals surface area contributed by atoms with Crippen LogP contribution in [0.15, 0.2) is 24.3 Å².